The molecule has 4 nitrogen and oxygen atoms in total. The third-order valence-corrected chi connectivity index (χ3v) is 4.31. The minimum atomic E-state index is -0.0605. The van der Waals surface area contributed by atoms with E-state index in [4.69, 9.17) is 0 Å². The van der Waals surface area contributed by atoms with Gasteiger partial charge in [-0.1, -0.05) is 18.2 Å². The molecule has 0 saturated heterocycles. The van der Waals surface area contributed by atoms with Crippen LogP contribution in [0.3, 0.4) is 0 Å². The Morgan fingerprint density at radius 3 is 2.95 bits per heavy atom. The third kappa shape index (κ3) is 2.56. The van der Waals surface area contributed by atoms with E-state index in [-0.39, 0.29) is 5.91 Å². The number of anilines is 2. The molecule has 0 unspecified atom stereocenters. The molecule has 22 heavy (non-hydrogen) atoms. The molecule has 1 fully saturated rings. The van der Waals surface area contributed by atoms with Crippen LogP contribution in [0, 0.1) is 0 Å². The molecule has 1 aromatic carbocycles. The summed E-state index contributed by atoms with van der Waals surface area (Å²) in [6.07, 6.45) is 6.15. The summed E-state index contributed by atoms with van der Waals surface area (Å²) >= 11 is 0. The van der Waals surface area contributed by atoms with Gasteiger partial charge in [-0.2, -0.15) is 0 Å². The van der Waals surface area contributed by atoms with Crippen molar-refractivity contribution in [2.75, 3.05) is 11.4 Å². The second-order valence-corrected chi connectivity index (χ2v) is 6.03. The predicted octanol–water partition coefficient (Wildman–Crippen LogP) is 3.06. The number of aryl methyl sites for hydroxylation is 1. The molecular weight excluding hydrogens is 274 g/mol. The number of fused-ring (bicyclic) bond motifs is 1. The zero-order valence-electron chi connectivity index (χ0n) is 12.5. The van der Waals surface area contributed by atoms with Gasteiger partial charge in [0, 0.05) is 30.2 Å². The average molecular weight is 293 g/mol. The van der Waals surface area contributed by atoms with Crippen molar-refractivity contribution in [2.24, 2.45) is 0 Å². The number of benzene rings is 1. The van der Waals surface area contributed by atoms with Crippen LogP contribution in [0.25, 0.3) is 0 Å². The van der Waals surface area contributed by atoms with Crippen LogP contribution in [0.5, 0.6) is 0 Å². The fraction of sp³-hybridized carbons (Fsp3) is 0.333. The molecule has 1 aliphatic heterocycles. The molecule has 4 rings (SSSR count). The average Bonchev–Trinajstić information content (AvgIpc) is 3.38. The highest BCUT2D eigenvalue weighted by Crippen LogP contribution is 2.33. The van der Waals surface area contributed by atoms with Crippen molar-refractivity contribution in [1.29, 1.82) is 0 Å². The van der Waals surface area contributed by atoms with Gasteiger partial charge in [0.05, 0.1) is 0 Å². The number of amides is 1. The van der Waals surface area contributed by atoms with E-state index < -0.39 is 0 Å². The summed E-state index contributed by atoms with van der Waals surface area (Å²) in [5, 5.41) is 3.00. The van der Waals surface area contributed by atoms with E-state index in [1.807, 2.05) is 12.1 Å². The zero-order valence-corrected chi connectivity index (χ0v) is 12.5. The van der Waals surface area contributed by atoms with Crippen molar-refractivity contribution in [2.45, 2.75) is 31.7 Å². The van der Waals surface area contributed by atoms with E-state index >= 15 is 0 Å². The van der Waals surface area contributed by atoms with Crippen molar-refractivity contribution in [3.63, 3.8) is 0 Å². The first-order chi connectivity index (χ1) is 10.8. The highest BCUT2D eigenvalue weighted by atomic mass is 16.2. The molecule has 1 N–H and O–H groups in total. The second-order valence-electron chi connectivity index (χ2n) is 6.03. The fourth-order valence-corrected chi connectivity index (χ4v) is 3.00. The molecule has 1 aromatic heterocycles. The maximum Gasteiger partial charge on any atom is 0.270 e. The Morgan fingerprint density at radius 2 is 2.09 bits per heavy atom. The molecule has 2 aliphatic rings. The first-order valence-corrected chi connectivity index (χ1v) is 7.93. The molecule has 0 bridgehead atoms. The normalized spacial score (nSPS) is 17.0. The van der Waals surface area contributed by atoms with Crippen molar-refractivity contribution >= 4 is 17.3 Å². The maximum absolute atomic E-state index is 12.2. The van der Waals surface area contributed by atoms with E-state index in [9.17, 15) is 4.79 Å². The Morgan fingerprint density at radius 1 is 1.23 bits per heavy atom. The number of hydrogen-bond donors (Lipinski definition) is 1. The lowest BCUT2D eigenvalue weighted by Gasteiger charge is -2.31. The Hall–Kier alpha value is -2.36. The Kier molecular flexibility index (Phi) is 3.29. The van der Waals surface area contributed by atoms with Crippen LogP contribution in [0.1, 0.15) is 35.3 Å². The first kappa shape index (κ1) is 13.3. The summed E-state index contributed by atoms with van der Waals surface area (Å²) in [6.45, 7) is 0.977. The molecular formula is C18H19N3O. The number of aromatic nitrogens is 1. The highest BCUT2D eigenvalue weighted by molar-refractivity contribution is 5.93. The van der Waals surface area contributed by atoms with Crippen molar-refractivity contribution in [3.8, 4) is 0 Å². The van der Waals surface area contributed by atoms with E-state index in [0.29, 0.717) is 11.7 Å². The number of para-hydroxylation sites is 1. The summed E-state index contributed by atoms with van der Waals surface area (Å²) in [5.41, 5.74) is 4.17. The second kappa shape index (κ2) is 5.44. The van der Waals surface area contributed by atoms with Gasteiger partial charge in [-0.05, 0) is 49.4 Å². The minimum absolute atomic E-state index is 0.0605. The smallest absolute Gasteiger partial charge is 0.270 e. The largest absolute Gasteiger partial charge is 0.348 e. The monoisotopic (exact) mass is 293 g/mol. The minimum Gasteiger partial charge on any atom is -0.348 e. The lowest BCUT2D eigenvalue weighted by Crippen LogP contribution is -2.28. The SMILES string of the molecule is O=C(NC1CC1)c1cc(N2CCCc3ccccc32)ccn1. The quantitative estimate of drug-likeness (QED) is 0.946. The maximum atomic E-state index is 12.2. The van der Waals surface area contributed by atoms with Gasteiger partial charge in [-0.3, -0.25) is 9.78 Å². The van der Waals surface area contributed by atoms with Gasteiger partial charge in [-0.15, -0.1) is 0 Å². The molecule has 1 saturated carbocycles. The van der Waals surface area contributed by atoms with Crippen LogP contribution in [0.2, 0.25) is 0 Å². The number of nitrogens with one attached hydrogen (secondary N) is 1. The van der Waals surface area contributed by atoms with Crippen LogP contribution in [0.4, 0.5) is 11.4 Å². The summed E-state index contributed by atoms with van der Waals surface area (Å²) in [6, 6.07) is 12.7. The summed E-state index contributed by atoms with van der Waals surface area (Å²) < 4.78 is 0. The molecule has 1 amide bonds. The van der Waals surface area contributed by atoms with Gasteiger partial charge in [0.25, 0.3) is 5.91 Å². The fourth-order valence-electron chi connectivity index (χ4n) is 3.00. The molecule has 112 valence electrons. The Bertz CT molecular complexity index is 709. The third-order valence-electron chi connectivity index (χ3n) is 4.31. The number of carbonyl (C=O) groups excluding carboxylic acids is 1. The Labute approximate surface area is 130 Å². The number of carbonyl (C=O) groups is 1. The zero-order chi connectivity index (χ0) is 14.9. The standard InChI is InChI=1S/C18H19N3O/c22-18(20-14-7-8-14)16-12-15(9-10-19-16)21-11-3-5-13-4-1-2-6-17(13)21/h1-2,4,6,9-10,12,14H,3,5,7-8,11H2,(H,20,22). The van der Waals surface area contributed by atoms with Crippen LogP contribution in [-0.4, -0.2) is 23.5 Å². The van der Waals surface area contributed by atoms with E-state index in [2.05, 4.69) is 39.5 Å². The lowest BCUT2D eigenvalue weighted by molar-refractivity contribution is 0.0946. The molecule has 2 heterocycles. The van der Waals surface area contributed by atoms with Crippen LogP contribution in [-0.2, 0) is 6.42 Å². The number of pyridine rings is 1. The van der Waals surface area contributed by atoms with Crippen molar-refractivity contribution in [1.82, 2.24) is 10.3 Å². The lowest BCUT2D eigenvalue weighted by atomic mass is 10.0. The molecule has 0 spiro atoms. The van der Waals surface area contributed by atoms with Gasteiger partial charge in [-0.25, -0.2) is 0 Å². The van der Waals surface area contributed by atoms with Gasteiger partial charge in [0.2, 0.25) is 0 Å². The Balaban J connectivity index is 1.64. The van der Waals surface area contributed by atoms with E-state index in [1.165, 1.54) is 11.3 Å². The summed E-state index contributed by atoms with van der Waals surface area (Å²) in [5.74, 6) is -0.0605. The van der Waals surface area contributed by atoms with Crippen LogP contribution in [0.15, 0.2) is 42.6 Å². The highest BCUT2D eigenvalue weighted by Gasteiger charge is 2.25. The molecule has 0 radical (unpaired) electrons. The van der Waals surface area contributed by atoms with Crippen molar-refractivity contribution < 1.29 is 4.79 Å². The van der Waals surface area contributed by atoms with E-state index in [1.54, 1.807) is 6.20 Å². The summed E-state index contributed by atoms with van der Waals surface area (Å²) in [4.78, 5) is 18.7. The number of nitrogens with zero attached hydrogens (tertiary/aromatic N) is 2. The molecule has 0 atom stereocenters. The van der Waals surface area contributed by atoms with Crippen LogP contribution >= 0.6 is 0 Å². The number of hydrogen-bond acceptors (Lipinski definition) is 3. The van der Waals surface area contributed by atoms with Crippen molar-refractivity contribution in [3.05, 3.63) is 53.9 Å². The molecule has 4 heteroatoms. The van der Waals surface area contributed by atoms with Gasteiger partial charge >= 0.3 is 0 Å². The molecule has 1 aliphatic carbocycles. The first-order valence-electron chi connectivity index (χ1n) is 7.93. The molecule has 2 aromatic rings. The number of rotatable bonds is 3. The van der Waals surface area contributed by atoms with Gasteiger partial charge < -0.3 is 10.2 Å². The van der Waals surface area contributed by atoms with Gasteiger partial charge in [0.1, 0.15) is 5.69 Å². The van der Waals surface area contributed by atoms with Gasteiger partial charge in [0.15, 0.2) is 0 Å². The van der Waals surface area contributed by atoms with Crippen LogP contribution < -0.4 is 10.2 Å². The van der Waals surface area contributed by atoms with E-state index in [0.717, 1.165) is 37.9 Å². The predicted molar refractivity (Wildman–Crippen MR) is 86.5 cm³/mol. The topological polar surface area (TPSA) is 45.2 Å². The summed E-state index contributed by atoms with van der Waals surface area (Å²) in [7, 11) is 0.